The average molecular weight is 349 g/mol. The van der Waals surface area contributed by atoms with Crippen molar-refractivity contribution in [3.63, 3.8) is 0 Å². The molecule has 3 heterocycles. The molecular formula is C21H21N2O3+. The number of nitrogens with zero attached hydrogens (tertiary/aromatic N) is 1. The van der Waals surface area contributed by atoms with Crippen LogP contribution in [-0.4, -0.2) is 11.7 Å². The Balaban J connectivity index is 1.57. The molecule has 132 valence electrons. The van der Waals surface area contributed by atoms with Gasteiger partial charge in [-0.25, -0.2) is 4.79 Å². The van der Waals surface area contributed by atoms with Crippen molar-refractivity contribution in [2.75, 3.05) is 6.73 Å². The van der Waals surface area contributed by atoms with Gasteiger partial charge >= 0.3 is 5.63 Å². The molecule has 0 spiro atoms. The highest BCUT2D eigenvalue weighted by Crippen LogP contribution is 2.33. The number of fused-ring (bicyclic) bond motifs is 5. The zero-order valence-electron chi connectivity index (χ0n) is 14.6. The first-order valence-electron chi connectivity index (χ1n) is 9.25. The Labute approximate surface area is 151 Å². The fourth-order valence-electron chi connectivity index (χ4n) is 4.23. The van der Waals surface area contributed by atoms with Gasteiger partial charge in [-0.1, -0.05) is 6.07 Å². The van der Waals surface area contributed by atoms with E-state index in [9.17, 15) is 4.79 Å². The van der Waals surface area contributed by atoms with E-state index in [2.05, 4.69) is 17.1 Å². The summed E-state index contributed by atoms with van der Waals surface area (Å²) in [4.78, 5) is 18.0. The van der Waals surface area contributed by atoms with Crippen LogP contribution in [-0.2, 0) is 25.9 Å². The second-order valence-corrected chi connectivity index (χ2v) is 7.23. The Kier molecular flexibility index (Phi) is 3.75. The van der Waals surface area contributed by atoms with Crippen molar-refractivity contribution < 1.29 is 14.1 Å². The van der Waals surface area contributed by atoms with Gasteiger partial charge in [0, 0.05) is 28.9 Å². The van der Waals surface area contributed by atoms with Crippen LogP contribution >= 0.6 is 0 Å². The molecule has 3 aromatic rings. The first kappa shape index (κ1) is 15.6. The molecule has 26 heavy (non-hydrogen) atoms. The zero-order chi connectivity index (χ0) is 17.5. The number of rotatable bonds is 2. The van der Waals surface area contributed by atoms with Gasteiger partial charge in [0.05, 0.1) is 5.56 Å². The molecule has 5 nitrogen and oxygen atoms in total. The minimum atomic E-state index is -0.167. The Morgan fingerprint density at radius 2 is 1.96 bits per heavy atom. The maximum absolute atomic E-state index is 12.5. The van der Waals surface area contributed by atoms with Crippen molar-refractivity contribution in [3.8, 4) is 5.75 Å². The van der Waals surface area contributed by atoms with Crippen LogP contribution in [0.5, 0.6) is 5.75 Å². The topological polar surface area (TPSA) is 56.8 Å². The number of hydrogen-bond donors (Lipinski definition) is 1. The average Bonchev–Trinajstić information content (AvgIpc) is 2.69. The van der Waals surface area contributed by atoms with Crippen LogP contribution in [0.25, 0.3) is 11.0 Å². The Morgan fingerprint density at radius 3 is 2.81 bits per heavy atom. The van der Waals surface area contributed by atoms with Gasteiger partial charge in [0.15, 0.2) is 5.58 Å². The number of benzene rings is 1. The predicted octanol–water partition coefficient (Wildman–Crippen LogP) is 2.00. The highest BCUT2D eigenvalue weighted by Gasteiger charge is 2.27. The molecule has 1 aliphatic carbocycles. The summed E-state index contributed by atoms with van der Waals surface area (Å²) in [5, 5.41) is 1.09. The SMILES string of the molecule is O=c1oc2c3c(ccc2c2c1CCCC2)OC[NH+](Cc1cccnc1)C3. The third-order valence-electron chi connectivity index (χ3n) is 5.49. The van der Waals surface area contributed by atoms with Crippen molar-refractivity contribution in [3.05, 3.63) is 69.3 Å². The zero-order valence-corrected chi connectivity index (χ0v) is 14.6. The van der Waals surface area contributed by atoms with Crippen LogP contribution in [0.15, 0.2) is 45.9 Å². The summed E-state index contributed by atoms with van der Waals surface area (Å²) in [6, 6.07) is 8.13. The molecule has 0 radical (unpaired) electrons. The van der Waals surface area contributed by atoms with E-state index in [4.69, 9.17) is 9.15 Å². The summed E-state index contributed by atoms with van der Waals surface area (Å²) < 4.78 is 11.8. The maximum Gasteiger partial charge on any atom is 0.339 e. The second kappa shape index (κ2) is 6.25. The predicted molar refractivity (Wildman–Crippen MR) is 97.2 cm³/mol. The minimum absolute atomic E-state index is 0.167. The van der Waals surface area contributed by atoms with E-state index in [1.54, 1.807) is 6.20 Å². The van der Waals surface area contributed by atoms with Gasteiger partial charge in [0.2, 0.25) is 6.73 Å². The van der Waals surface area contributed by atoms with E-state index >= 15 is 0 Å². The van der Waals surface area contributed by atoms with Crippen LogP contribution in [0.2, 0.25) is 0 Å². The molecule has 0 amide bonds. The lowest BCUT2D eigenvalue weighted by molar-refractivity contribution is -0.945. The second-order valence-electron chi connectivity index (χ2n) is 7.23. The Hall–Kier alpha value is -2.66. The molecule has 1 aliphatic heterocycles. The molecule has 1 atom stereocenters. The molecule has 2 aliphatic rings. The van der Waals surface area contributed by atoms with Crippen LogP contribution < -0.4 is 15.3 Å². The van der Waals surface area contributed by atoms with Gasteiger partial charge in [0.1, 0.15) is 18.8 Å². The van der Waals surface area contributed by atoms with Gasteiger partial charge < -0.3 is 9.15 Å². The summed E-state index contributed by atoms with van der Waals surface area (Å²) in [7, 11) is 0. The molecule has 1 unspecified atom stereocenters. The fourth-order valence-corrected chi connectivity index (χ4v) is 4.23. The van der Waals surface area contributed by atoms with Crippen molar-refractivity contribution >= 4 is 11.0 Å². The van der Waals surface area contributed by atoms with Crippen molar-refractivity contribution in [1.29, 1.82) is 0 Å². The molecule has 0 bridgehead atoms. The first-order valence-corrected chi connectivity index (χ1v) is 9.25. The lowest BCUT2D eigenvalue weighted by Crippen LogP contribution is -3.10. The number of aromatic nitrogens is 1. The molecule has 1 N–H and O–H groups in total. The number of aryl methyl sites for hydroxylation is 1. The van der Waals surface area contributed by atoms with Crippen LogP contribution in [0.3, 0.4) is 0 Å². The van der Waals surface area contributed by atoms with E-state index < -0.39 is 0 Å². The Morgan fingerprint density at radius 1 is 1.08 bits per heavy atom. The normalized spacial score (nSPS) is 18.8. The largest absolute Gasteiger partial charge is 0.445 e. The standard InChI is InChI=1S/C21H20N2O3/c24-21-17-6-2-1-5-15(17)16-7-8-19-18(20(16)26-21)12-23(13-25-19)11-14-4-3-9-22-10-14/h3-4,7-10H,1-2,5-6,11-13H2/p+1. The lowest BCUT2D eigenvalue weighted by Gasteiger charge is -2.27. The number of pyridine rings is 1. The van der Waals surface area contributed by atoms with Gasteiger partial charge in [-0.3, -0.25) is 9.88 Å². The minimum Gasteiger partial charge on any atom is -0.445 e. The molecule has 0 saturated carbocycles. The van der Waals surface area contributed by atoms with Crippen molar-refractivity contribution in [2.45, 2.75) is 38.8 Å². The molecule has 2 aromatic heterocycles. The van der Waals surface area contributed by atoms with Gasteiger partial charge in [-0.2, -0.15) is 0 Å². The summed E-state index contributed by atoms with van der Waals surface area (Å²) in [5.74, 6) is 0.839. The molecule has 5 heteroatoms. The van der Waals surface area contributed by atoms with Crippen LogP contribution in [0.1, 0.15) is 35.1 Å². The molecular weight excluding hydrogens is 328 g/mol. The highest BCUT2D eigenvalue weighted by atomic mass is 16.5. The molecule has 0 saturated heterocycles. The van der Waals surface area contributed by atoms with Gasteiger partial charge in [0.25, 0.3) is 0 Å². The van der Waals surface area contributed by atoms with E-state index in [-0.39, 0.29) is 5.63 Å². The van der Waals surface area contributed by atoms with Crippen LogP contribution in [0, 0.1) is 0 Å². The number of quaternary nitrogens is 1. The summed E-state index contributed by atoms with van der Waals surface area (Å²) >= 11 is 0. The summed E-state index contributed by atoms with van der Waals surface area (Å²) in [6.07, 6.45) is 7.68. The molecule has 1 aromatic carbocycles. The monoisotopic (exact) mass is 349 g/mol. The third-order valence-corrected chi connectivity index (χ3v) is 5.49. The molecule has 0 fully saturated rings. The summed E-state index contributed by atoms with van der Waals surface area (Å²) in [5.41, 5.74) is 4.80. The Bertz CT molecular complexity index is 1030. The van der Waals surface area contributed by atoms with Gasteiger partial charge in [-0.05, 0) is 49.4 Å². The smallest absolute Gasteiger partial charge is 0.339 e. The molecule has 5 rings (SSSR count). The maximum atomic E-state index is 12.5. The quantitative estimate of drug-likeness (QED) is 0.719. The van der Waals surface area contributed by atoms with E-state index in [1.165, 1.54) is 16.0 Å². The van der Waals surface area contributed by atoms with E-state index in [0.29, 0.717) is 6.73 Å². The first-order chi connectivity index (χ1) is 12.8. The summed E-state index contributed by atoms with van der Waals surface area (Å²) in [6.45, 7) is 2.21. The third kappa shape index (κ3) is 2.59. The van der Waals surface area contributed by atoms with Crippen molar-refractivity contribution in [2.24, 2.45) is 0 Å². The number of ether oxygens (including phenoxy) is 1. The fraction of sp³-hybridized carbons (Fsp3) is 0.333. The number of nitrogens with one attached hydrogen (secondary N) is 1. The van der Waals surface area contributed by atoms with Crippen LogP contribution in [0.4, 0.5) is 0 Å². The van der Waals surface area contributed by atoms with E-state index in [1.807, 2.05) is 18.3 Å². The lowest BCUT2D eigenvalue weighted by atomic mass is 9.90. The number of hydrogen-bond acceptors (Lipinski definition) is 4. The van der Waals surface area contributed by atoms with E-state index in [0.717, 1.165) is 66.6 Å². The van der Waals surface area contributed by atoms with Crippen molar-refractivity contribution in [1.82, 2.24) is 4.98 Å². The highest BCUT2D eigenvalue weighted by molar-refractivity contribution is 5.86. The van der Waals surface area contributed by atoms with Gasteiger partial charge in [-0.15, -0.1) is 0 Å².